The molecule has 0 spiro atoms. The van der Waals surface area contributed by atoms with Crippen molar-refractivity contribution >= 4 is 24.0 Å². The van der Waals surface area contributed by atoms with Gasteiger partial charge in [0.2, 0.25) is 0 Å². The average molecular weight is 297 g/mol. The van der Waals surface area contributed by atoms with Crippen molar-refractivity contribution in [3.05, 3.63) is 34.6 Å². The number of piperazine rings is 1. The SMILES string of the molecule is Cl.FC[C@@H](c1ccc(Cl)cc1F)N1CCNCC1. The van der Waals surface area contributed by atoms with Gasteiger partial charge >= 0.3 is 0 Å². The van der Waals surface area contributed by atoms with Gasteiger partial charge in [0, 0.05) is 36.8 Å². The van der Waals surface area contributed by atoms with Gasteiger partial charge in [0.05, 0.1) is 6.04 Å². The molecular weight excluding hydrogens is 281 g/mol. The van der Waals surface area contributed by atoms with Gasteiger partial charge in [0.25, 0.3) is 0 Å². The molecule has 6 heteroatoms. The molecular formula is C12H16Cl2F2N2. The lowest BCUT2D eigenvalue weighted by molar-refractivity contribution is 0.144. The summed E-state index contributed by atoms with van der Waals surface area (Å²) in [7, 11) is 0. The van der Waals surface area contributed by atoms with Crippen molar-refractivity contribution in [3.63, 3.8) is 0 Å². The summed E-state index contributed by atoms with van der Waals surface area (Å²) >= 11 is 5.69. The van der Waals surface area contributed by atoms with Crippen LogP contribution >= 0.6 is 24.0 Å². The van der Waals surface area contributed by atoms with Gasteiger partial charge in [-0.25, -0.2) is 8.78 Å². The Kier molecular flexibility index (Phi) is 6.29. The number of nitrogens with one attached hydrogen (secondary N) is 1. The highest BCUT2D eigenvalue weighted by Crippen LogP contribution is 2.26. The van der Waals surface area contributed by atoms with Crippen LogP contribution in [0.5, 0.6) is 0 Å². The first-order valence-corrected chi connectivity index (χ1v) is 6.06. The Morgan fingerprint density at radius 1 is 1.33 bits per heavy atom. The molecule has 0 amide bonds. The fraction of sp³-hybridized carbons (Fsp3) is 0.500. The first-order valence-electron chi connectivity index (χ1n) is 5.68. The summed E-state index contributed by atoms with van der Waals surface area (Å²) in [5, 5.41) is 3.53. The van der Waals surface area contributed by atoms with Crippen molar-refractivity contribution in [1.29, 1.82) is 0 Å². The Morgan fingerprint density at radius 3 is 2.56 bits per heavy atom. The number of halogens is 4. The summed E-state index contributed by atoms with van der Waals surface area (Å²) in [6, 6.07) is 3.91. The van der Waals surface area contributed by atoms with Gasteiger partial charge in [-0.2, -0.15) is 0 Å². The predicted molar refractivity (Wildman–Crippen MR) is 71.8 cm³/mol. The molecule has 0 bridgehead atoms. The summed E-state index contributed by atoms with van der Waals surface area (Å²) < 4.78 is 26.9. The molecule has 1 aromatic rings. The van der Waals surface area contributed by atoms with E-state index in [4.69, 9.17) is 11.6 Å². The van der Waals surface area contributed by atoms with E-state index in [0.29, 0.717) is 10.6 Å². The molecule has 18 heavy (non-hydrogen) atoms. The van der Waals surface area contributed by atoms with Crippen LogP contribution in [0.2, 0.25) is 5.02 Å². The lowest BCUT2D eigenvalue weighted by Crippen LogP contribution is -2.45. The Morgan fingerprint density at radius 2 is 2.00 bits per heavy atom. The Labute approximate surface area is 117 Å². The molecule has 1 saturated heterocycles. The van der Waals surface area contributed by atoms with Gasteiger partial charge in [-0.15, -0.1) is 12.4 Å². The van der Waals surface area contributed by atoms with E-state index in [1.54, 1.807) is 12.1 Å². The van der Waals surface area contributed by atoms with Crippen LogP contribution in [-0.2, 0) is 0 Å². The number of nitrogens with zero attached hydrogens (tertiary/aromatic N) is 1. The molecule has 1 heterocycles. The molecule has 1 aromatic carbocycles. The van der Waals surface area contributed by atoms with Crippen LogP contribution in [0.15, 0.2) is 18.2 Å². The molecule has 0 aromatic heterocycles. The zero-order valence-electron chi connectivity index (χ0n) is 9.83. The van der Waals surface area contributed by atoms with Gasteiger partial charge in [0.1, 0.15) is 12.5 Å². The number of hydrogen-bond acceptors (Lipinski definition) is 2. The third-order valence-corrected chi connectivity index (χ3v) is 3.30. The lowest BCUT2D eigenvalue weighted by atomic mass is 10.0. The maximum Gasteiger partial charge on any atom is 0.129 e. The molecule has 1 fully saturated rings. The van der Waals surface area contributed by atoms with E-state index in [9.17, 15) is 8.78 Å². The molecule has 1 aliphatic heterocycles. The third kappa shape index (κ3) is 3.54. The zero-order chi connectivity index (χ0) is 12.3. The smallest absolute Gasteiger partial charge is 0.129 e. The summed E-state index contributed by atoms with van der Waals surface area (Å²) in [5.74, 6) is -0.432. The van der Waals surface area contributed by atoms with Gasteiger partial charge in [-0.1, -0.05) is 17.7 Å². The molecule has 1 aliphatic rings. The molecule has 0 unspecified atom stereocenters. The molecule has 0 aliphatic carbocycles. The number of alkyl halides is 1. The highest BCUT2D eigenvalue weighted by molar-refractivity contribution is 6.30. The van der Waals surface area contributed by atoms with Crippen LogP contribution in [-0.4, -0.2) is 37.8 Å². The second kappa shape index (κ2) is 7.24. The van der Waals surface area contributed by atoms with E-state index in [-0.39, 0.29) is 12.4 Å². The third-order valence-electron chi connectivity index (χ3n) is 3.06. The first-order chi connectivity index (χ1) is 8.22. The van der Waals surface area contributed by atoms with Crippen molar-refractivity contribution in [2.75, 3.05) is 32.9 Å². The normalized spacial score (nSPS) is 18.2. The van der Waals surface area contributed by atoms with Crippen LogP contribution < -0.4 is 5.32 Å². The lowest BCUT2D eigenvalue weighted by Gasteiger charge is -2.33. The highest BCUT2D eigenvalue weighted by Gasteiger charge is 2.24. The monoisotopic (exact) mass is 296 g/mol. The van der Waals surface area contributed by atoms with Crippen LogP contribution in [0.25, 0.3) is 0 Å². The summed E-state index contributed by atoms with van der Waals surface area (Å²) in [6.07, 6.45) is 0. The minimum atomic E-state index is -0.585. The maximum absolute atomic E-state index is 13.7. The highest BCUT2D eigenvalue weighted by atomic mass is 35.5. The van der Waals surface area contributed by atoms with Crippen LogP contribution in [0.4, 0.5) is 8.78 Å². The number of rotatable bonds is 3. The summed E-state index contributed by atoms with van der Waals surface area (Å²) in [6.45, 7) is 2.50. The van der Waals surface area contributed by atoms with Gasteiger partial charge in [-0.05, 0) is 12.1 Å². The largest absolute Gasteiger partial charge is 0.314 e. The van der Waals surface area contributed by atoms with Crippen LogP contribution in [0.3, 0.4) is 0 Å². The topological polar surface area (TPSA) is 15.3 Å². The van der Waals surface area contributed by atoms with Crippen LogP contribution in [0, 0.1) is 5.82 Å². The molecule has 2 rings (SSSR count). The molecule has 0 saturated carbocycles. The predicted octanol–water partition coefficient (Wildman–Crippen LogP) is 2.82. The second-order valence-corrected chi connectivity index (χ2v) is 4.56. The van der Waals surface area contributed by atoms with Crippen molar-refractivity contribution in [3.8, 4) is 0 Å². The van der Waals surface area contributed by atoms with Crippen molar-refractivity contribution < 1.29 is 8.78 Å². The van der Waals surface area contributed by atoms with Gasteiger partial charge in [0.15, 0.2) is 0 Å². The number of benzene rings is 1. The van der Waals surface area contributed by atoms with Crippen molar-refractivity contribution in [1.82, 2.24) is 10.2 Å². The zero-order valence-corrected chi connectivity index (χ0v) is 11.4. The quantitative estimate of drug-likeness (QED) is 0.923. The fourth-order valence-corrected chi connectivity index (χ4v) is 2.30. The van der Waals surface area contributed by atoms with Crippen molar-refractivity contribution in [2.45, 2.75) is 6.04 Å². The minimum Gasteiger partial charge on any atom is -0.314 e. The maximum atomic E-state index is 13.7. The van der Waals surface area contributed by atoms with Gasteiger partial charge < -0.3 is 5.32 Å². The van der Waals surface area contributed by atoms with Gasteiger partial charge in [-0.3, -0.25) is 4.90 Å². The second-order valence-electron chi connectivity index (χ2n) is 4.12. The Hall–Kier alpha value is -0.420. The molecule has 102 valence electrons. The molecule has 1 atom stereocenters. The van der Waals surface area contributed by atoms with E-state index in [2.05, 4.69) is 5.32 Å². The summed E-state index contributed by atoms with van der Waals surface area (Å²) in [4.78, 5) is 1.96. The van der Waals surface area contributed by atoms with E-state index in [0.717, 1.165) is 26.2 Å². The van der Waals surface area contributed by atoms with Crippen molar-refractivity contribution in [2.24, 2.45) is 0 Å². The molecule has 1 N–H and O–H groups in total. The minimum absolute atomic E-state index is 0. The summed E-state index contributed by atoms with van der Waals surface area (Å²) in [5.41, 5.74) is 0.388. The first kappa shape index (κ1) is 15.6. The molecule has 2 nitrogen and oxygen atoms in total. The molecule has 0 radical (unpaired) electrons. The van der Waals surface area contributed by atoms with Crippen LogP contribution in [0.1, 0.15) is 11.6 Å². The Balaban J connectivity index is 0.00000162. The average Bonchev–Trinajstić information content (AvgIpc) is 2.34. The van der Waals surface area contributed by atoms with E-state index < -0.39 is 18.5 Å². The standard InChI is InChI=1S/C12H15ClF2N2.ClH/c13-9-1-2-10(11(15)7-9)12(8-14)17-5-3-16-4-6-17;/h1-2,7,12,16H,3-6,8H2;1H/t12-;/m0./s1. The van der Waals surface area contributed by atoms with E-state index in [1.807, 2.05) is 4.90 Å². The Bertz CT molecular complexity index is 384. The number of hydrogen-bond donors (Lipinski definition) is 1. The fourth-order valence-electron chi connectivity index (χ4n) is 2.14. The van der Waals surface area contributed by atoms with E-state index >= 15 is 0 Å². The van der Waals surface area contributed by atoms with E-state index in [1.165, 1.54) is 6.07 Å².